The van der Waals surface area contributed by atoms with Crippen LogP contribution in [0, 0.1) is 0 Å². The number of ether oxygens (including phenoxy) is 2. The Labute approximate surface area is 125 Å². The largest absolute Gasteiger partial charge is 0.346 e. The molecule has 0 aliphatic carbocycles. The molecule has 0 aromatic rings. The van der Waals surface area contributed by atoms with Crippen LogP contribution >= 0.6 is 0 Å². The highest BCUT2D eigenvalue weighted by Crippen LogP contribution is 2.30. The first kappa shape index (κ1) is 16.3. The van der Waals surface area contributed by atoms with Crippen molar-refractivity contribution < 1.29 is 9.47 Å². The Kier molecular flexibility index (Phi) is 7.32. The van der Waals surface area contributed by atoms with E-state index < -0.39 is 0 Å². The molecule has 0 saturated carbocycles. The first-order valence-electron chi connectivity index (χ1n) is 8.85. The van der Waals surface area contributed by atoms with Crippen molar-refractivity contribution in [2.24, 2.45) is 0 Å². The molecule has 2 saturated heterocycles. The van der Waals surface area contributed by atoms with E-state index in [9.17, 15) is 0 Å². The Morgan fingerprint density at radius 3 is 2.25 bits per heavy atom. The third-order valence-electron chi connectivity index (χ3n) is 4.64. The van der Waals surface area contributed by atoms with Gasteiger partial charge in [-0.15, -0.1) is 0 Å². The molecule has 2 heterocycles. The number of hydrogen-bond donors (Lipinski definition) is 0. The molecule has 0 bridgehead atoms. The third kappa shape index (κ3) is 5.34. The molecule has 118 valence electrons. The summed E-state index contributed by atoms with van der Waals surface area (Å²) in [5.74, 6) is -0.238. The maximum atomic E-state index is 5.83. The summed E-state index contributed by atoms with van der Waals surface area (Å²) in [5, 5.41) is 0. The van der Waals surface area contributed by atoms with Gasteiger partial charge in [-0.25, -0.2) is 0 Å². The lowest BCUT2D eigenvalue weighted by atomic mass is 10.0. The lowest BCUT2D eigenvalue weighted by molar-refractivity contribution is -0.189. The molecular formula is C17H33NO2. The van der Waals surface area contributed by atoms with Crippen LogP contribution in [0.5, 0.6) is 0 Å². The second-order valence-corrected chi connectivity index (χ2v) is 6.46. The monoisotopic (exact) mass is 283 g/mol. The fourth-order valence-electron chi connectivity index (χ4n) is 3.46. The highest BCUT2D eigenvalue weighted by molar-refractivity contribution is 4.83. The number of nitrogens with zero attached hydrogens (tertiary/aromatic N) is 1. The predicted molar refractivity (Wildman–Crippen MR) is 82.9 cm³/mol. The number of hydrogen-bond acceptors (Lipinski definition) is 3. The summed E-state index contributed by atoms with van der Waals surface area (Å²) in [6.45, 7) is 7.29. The first-order valence-corrected chi connectivity index (χ1v) is 8.85. The summed E-state index contributed by atoms with van der Waals surface area (Å²) in [6, 6.07) is 0. The highest BCUT2D eigenvalue weighted by atomic mass is 16.7. The van der Waals surface area contributed by atoms with Crippen molar-refractivity contribution in [3.05, 3.63) is 0 Å². The van der Waals surface area contributed by atoms with Gasteiger partial charge in [-0.1, -0.05) is 51.9 Å². The van der Waals surface area contributed by atoms with E-state index in [0.29, 0.717) is 0 Å². The van der Waals surface area contributed by atoms with Gasteiger partial charge in [-0.3, -0.25) is 4.90 Å². The van der Waals surface area contributed by atoms with Crippen LogP contribution in [0.4, 0.5) is 0 Å². The normalized spacial score (nSPS) is 22.6. The maximum absolute atomic E-state index is 5.83. The van der Waals surface area contributed by atoms with Crippen molar-refractivity contribution in [3.63, 3.8) is 0 Å². The zero-order valence-corrected chi connectivity index (χ0v) is 13.4. The summed E-state index contributed by atoms with van der Waals surface area (Å²) in [6.07, 6.45) is 13.5. The zero-order chi connectivity index (χ0) is 14.1. The van der Waals surface area contributed by atoms with Crippen LogP contribution in [-0.2, 0) is 9.47 Å². The molecule has 3 nitrogen and oxygen atoms in total. The van der Waals surface area contributed by atoms with Crippen LogP contribution in [-0.4, -0.2) is 43.5 Å². The van der Waals surface area contributed by atoms with Gasteiger partial charge in [-0.05, 0) is 25.9 Å². The van der Waals surface area contributed by atoms with Crippen molar-refractivity contribution in [3.8, 4) is 0 Å². The minimum absolute atomic E-state index is 0.238. The summed E-state index contributed by atoms with van der Waals surface area (Å²) in [5.41, 5.74) is 0. The number of likely N-dealkylation sites (tertiary alicyclic amines) is 1. The lowest BCUT2D eigenvalue weighted by Crippen LogP contribution is -2.49. The summed E-state index contributed by atoms with van der Waals surface area (Å²) in [7, 11) is 0. The van der Waals surface area contributed by atoms with Crippen molar-refractivity contribution in [2.45, 2.75) is 76.9 Å². The number of unbranched alkanes of at least 4 members (excludes halogenated alkanes) is 7. The average molecular weight is 283 g/mol. The lowest BCUT2D eigenvalue weighted by Gasteiger charge is -2.38. The van der Waals surface area contributed by atoms with Crippen molar-refractivity contribution in [1.29, 1.82) is 0 Å². The van der Waals surface area contributed by atoms with E-state index in [4.69, 9.17) is 9.47 Å². The summed E-state index contributed by atoms with van der Waals surface area (Å²) in [4.78, 5) is 2.55. The molecule has 0 N–H and O–H groups in total. The van der Waals surface area contributed by atoms with Gasteiger partial charge in [0.25, 0.3) is 0 Å². The number of rotatable bonds is 9. The van der Waals surface area contributed by atoms with Crippen LogP contribution in [0.25, 0.3) is 0 Å². The minimum atomic E-state index is -0.238. The summed E-state index contributed by atoms with van der Waals surface area (Å²) >= 11 is 0. The molecule has 2 aliphatic heterocycles. The van der Waals surface area contributed by atoms with E-state index in [0.717, 1.165) is 26.2 Å². The van der Waals surface area contributed by atoms with E-state index in [1.54, 1.807) is 0 Å². The summed E-state index contributed by atoms with van der Waals surface area (Å²) < 4.78 is 11.7. The molecule has 0 aromatic carbocycles. The average Bonchev–Trinajstić information content (AvgIpc) is 2.90. The molecule has 2 fully saturated rings. The highest BCUT2D eigenvalue weighted by Gasteiger charge is 2.40. The molecule has 2 aliphatic rings. The molecule has 1 spiro atoms. The van der Waals surface area contributed by atoms with Crippen LogP contribution in [0.2, 0.25) is 0 Å². The third-order valence-corrected chi connectivity index (χ3v) is 4.64. The fourth-order valence-corrected chi connectivity index (χ4v) is 3.46. The Hall–Kier alpha value is -0.120. The zero-order valence-electron chi connectivity index (χ0n) is 13.4. The first-order chi connectivity index (χ1) is 9.85. The van der Waals surface area contributed by atoms with Gasteiger partial charge in [0.2, 0.25) is 0 Å². The molecule has 2 rings (SSSR count). The topological polar surface area (TPSA) is 21.7 Å². The van der Waals surface area contributed by atoms with E-state index in [-0.39, 0.29) is 5.79 Å². The predicted octanol–water partition coefficient (Wildman–Crippen LogP) is 3.97. The molecular weight excluding hydrogens is 250 g/mol. The smallest absolute Gasteiger partial charge is 0.181 e. The standard InChI is InChI=1S/C17H33NO2/c1-2-3-4-5-6-7-8-9-12-18-13-10-11-17(16-18)19-14-15-20-17/h2-16H2,1H3. The molecule has 0 atom stereocenters. The molecule has 3 heteroatoms. The van der Waals surface area contributed by atoms with E-state index in [2.05, 4.69) is 11.8 Å². The molecule has 0 amide bonds. The molecule has 0 unspecified atom stereocenters. The van der Waals surface area contributed by atoms with E-state index in [1.807, 2.05) is 0 Å². The van der Waals surface area contributed by atoms with Crippen molar-refractivity contribution in [1.82, 2.24) is 4.90 Å². The molecule has 20 heavy (non-hydrogen) atoms. The second kappa shape index (κ2) is 9.01. The molecule has 0 aromatic heterocycles. The second-order valence-electron chi connectivity index (χ2n) is 6.46. The van der Waals surface area contributed by atoms with E-state index >= 15 is 0 Å². The van der Waals surface area contributed by atoms with E-state index in [1.165, 1.54) is 70.9 Å². The number of piperidine rings is 1. The van der Waals surface area contributed by atoms with Gasteiger partial charge in [0.1, 0.15) is 0 Å². The van der Waals surface area contributed by atoms with Gasteiger partial charge in [-0.2, -0.15) is 0 Å². The molecule has 0 radical (unpaired) electrons. The Morgan fingerprint density at radius 1 is 0.900 bits per heavy atom. The van der Waals surface area contributed by atoms with Crippen LogP contribution < -0.4 is 0 Å². The van der Waals surface area contributed by atoms with Gasteiger partial charge in [0.05, 0.1) is 19.8 Å². The Bertz CT molecular complexity index is 251. The van der Waals surface area contributed by atoms with Crippen LogP contribution in [0.15, 0.2) is 0 Å². The quantitative estimate of drug-likeness (QED) is 0.598. The van der Waals surface area contributed by atoms with Crippen LogP contribution in [0.3, 0.4) is 0 Å². The fraction of sp³-hybridized carbons (Fsp3) is 1.00. The van der Waals surface area contributed by atoms with Crippen LogP contribution in [0.1, 0.15) is 71.1 Å². The SMILES string of the molecule is CCCCCCCCCCN1CCCC2(C1)OCCO2. The van der Waals surface area contributed by atoms with Gasteiger partial charge in [0, 0.05) is 6.42 Å². The van der Waals surface area contributed by atoms with Crippen molar-refractivity contribution >= 4 is 0 Å². The maximum Gasteiger partial charge on any atom is 0.181 e. The van der Waals surface area contributed by atoms with Gasteiger partial charge in [0.15, 0.2) is 5.79 Å². The van der Waals surface area contributed by atoms with Gasteiger partial charge >= 0.3 is 0 Å². The van der Waals surface area contributed by atoms with Gasteiger partial charge < -0.3 is 9.47 Å². The Balaban J connectivity index is 1.49. The minimum Gasteiger partial charge on any atom is -0.346 e. The Morgan fingerprint density at radius 2 is 1.55 bits per heavy atom. The van der Waals surface area contributed by atoms with Crippen molar-refractivity contribution in [2.75, 3.05) is 32.8 Å².